The Balaban J connectivity index is 0.553. The van der Waals surface area contributed by atoms with Crippen LogP contribution in [0.3, 0.4) is 0 Å². The van der Waals surface area contributed by atoms with Gasteiger partial charge in [-0.15, -0.1) is 0 Å². The Morgan fingerprint density at radius 3 is 1.02 bits per heavy atom. The topological polar surface area (TPSA) is 29.5 Å². The number of fused-ring (bicyclic) bond motifs is 29. The highest BCUT2D eigenvalue weighted by atomic mass is 16.3. The van der Waals surface area contributed by atoms with Crippen molar-refractivity contribution >= 4 is 60.9 Å². The Labute approximate surface area is 867 Å². The summed E-state index contributed by atoms with van der Waals surface area (Å²) in [5.74, 6) is 0. The second-order valence-corrected chi connectivity index (χ2v) is 47.1. The van der Waals surface area contributed by atoms with Crippen molar-refractivity contribution in [1.82, 2.24) is 0 Å². The average Bonchev–Trinajstić information content (AvgIpc) is 1.53. The van der Waals surface area contributed by atoms with Crippen molar-refractivity contribution in [3.05, 3.63) is 375 Å². The van der Waals surface area contributed by atoms with E-state index in [1.807, 2.05) is 0 Å². The first-order valence-corrected chi connectivity index (χ1v) is 56.6. The SMILES string of the molecule is CCCCCCCCC1(CCCCCCCC)c2ccccc2-c2ccc(-c3ccc4c(c3)C(C)(C)c3cc(-c5cc6c(c7c5oc5ccccc57)-c5ccc(N(c7ccc8c(c7)C(C)(C)c7cc(-c9ccc%10c(c9)C(C)(C)c9cc(-c%11ccc%12c(c%11)C(CCCCCCCC)(CCCCCCCC)c%11ccccc%11-%12)ccc9-%10)c9oc%10ccccc%10c9c7-8)c7cccc8c7-c7ccccc7C8(C)C)cc5C6)ccc3-4)cc21. The van der Waals surface area contributed by atoms with Crippen molar-refractivity contribution in [2.45, 2.75) is 302 Å². The average molecular weight is 1910 g/mol. The molecule has 18 aromatic rings. The molecule has 0 amide bonds. The minimum atomic E-state index is -0.435. The quantitative estimate of drug-likeness (QED) is 0.0371. The Bertz CT molecular complexity index is 8200. The normalized spacial score (nSPS) is 15.4. The number of furan rings is 2. The fourth-order valence-electron chi connectivity index (χ4n) is 29.3. The number of unbranched alkanes of at least 4 members (excludes halogenated alkanes) is 20. The van der Waals surface area contributed by atoms with Crippen LogP contribution in [0.2, 0.25) is 0 Å². The third kappa shape index (κ3) is 15.0. The van der Waals surface area contributed by atoms with Gasteiger partial charge in [0.25, 0.3) is 0 Å². The molecule has 2 aromatic heterocycles. The molecule has 0 radical (unpaired) electrons. The largest absolute Gasteiger partial charge is 0.455 e. The summed E-state index contributed by atoms with van der Waals surface area (Å²) in [4.78, 5) is 2.62. The van der Waals surface area contributed by atoms with E-state index in [-0.39, 0.29) is 27.1 Å². The monoisotopic (exact) mass is 1910 g/mol. The van der Waals surface area contributed by atoms with Crippen LogP contribution >= 0.6 is 0 Å². The van der Waals surface area contributed by atoms with Gasteiger partial charge in [0, 0.05) is 82.1 Å². The number of nitrogens with zero attached hydrogens (tertiary/aromatic N) is 1. The smallest absolute Gasteiger partial charge is 0.143 e. The van der Waals surface area contributed by atoms with Crippen LogP contribution in [0.25, 0.3) is 166 Å². The minimum absolute atomic E-state index is 0.0141. The first-order valence-electron chi connectivity index (χ1n) is 56.6. The van der Waals surface area contributed by atoms with E-state index >= 15 is 0 Å². The Hall–Kier alpha value is -13.1. The summed E-state index contributed by atoms with van der Waals surface area (Å²) in [7, 11) is 0. The summed E-state index contributed by atoms with van der Waals surface area (Å²) in [6.07, 6.45) is 37.1. The zero-order valence-corrected chi connectivity index (χ0v) is 88.6. The summed E-state index contributed by atoms with van der Waals surface area (Å²) in [5.41, 5.74) is 54.5. The molecule has 3 heteroatoms. The molecule has 0 unspecified atom stereocenters. The first kappa shape index (κ1) is 93.9. The number of anilines is 3. The molecule has 16 aromatic carbocycles. The summed E-state index contributed by atoms with van der Waals surface area (Å²) >= 11 is 0. The van der Waals surface area contributed by atoms with Crippen molar-refractivity contribution < 1.29 is 8.83 Å². The van der Waals surface area contributed by atoms with Gasteiger partial charge in [-0.25, -0.2) is 0 Å². The van der Waals surface area contributed by atoms with Crippen molar-refractivity contribution in [1.29, 1.82) is 0 Å². The highest BCUT2D eigenvalue weighted by molar-refractivity contribution is 6.21. The molecule has 0 fully saturated rings. The van der Waals surface area contributed by atoms with E-state index in [1.54, 1.807) is 22.3 Å². The molecular weight excluding hydrogens is 1760 g/mol. The predicted octanol–water partition coefficient (Wildman–Crippen LogP) is 42.0. The standard InChI is InChI=1S/C143H143NO2/c1-13-17-21-25-29-43-76-142(77-44-30-26-22-18-14-2)117-54-39-33-48-102(117)108-70-62-93(85-125(108)142)91-60-68-104-106-72-64-95(87-122(106)139(7,8)120(104)83-91)114-82-98-80-97-81-99(66-74-101(97)131(98)134-112-51-36-41-58-129(112)145-136(114)134)144(128-57-47-56-119-132(128)110-50-35-38-53-116(110)138(119,5)6)100-67-75-111-124(89-100)141(11,12)127-90-115(137-135(133(111)127)113-52-37-42-59-130(113)146-137)96-65-73-107-105-69-61-92(84-121(105)140(9,10)123(107)88-96)94-63-71-109-103-49-34-40-55-118(103)143(126(109)86-94,78-45-31-27-23-19-15-3)79-46-32-28-24-20-16-4/h33-42,47-75,81-90H,13-32,43-46,76-80H2,1-12H3. The van der Waals surface area contributed by atoms with Crippen molar-refractivity contribution in [2.75, 3.05) is 4.90 Å². The molecule has 0 atom stereocenters. The van der Waals surface area contributed by atoms with Gasteiger partial charge in [-0.05, 0) is 307 Å². The molecule has 0 bridgehead atoms. The summed E-state index contributed by atoms with van der Waals surface area (Å²) < 4.78 is 14.7. The molecule has 0 N–H and O–H groups in total. The number of hydrogen-bond acceptors (Lipinski definition) is 3. The maximum absolute atomic E-state index is 7.37. The first-order chi connectivity index (χ1) is 71.3. The maximum Gasteiger partial charge on any atom is 0.143 e. The van der Waals surface area contributed by atoms with Crippen LogP contribution in [-0.2, 0) is 38.9 Å². The molecule has 0 saturated carbocycles. The molecule has 0 aliphatic heterocycles. The van der Waals surface area contributed by atoms with Gasteiger partial charge in [-0.3, -0.25) is 0 Å². The Morgan fingerprint density at radius 2 is 0.548 bits per heavy atom. The third-order valence-electron chi connectivity index (χ3n) is 37.1. The van der Waals surface area contributed by atoms with Crippen LogP contribution in [0, 0.1) is 0 Å². The zero-order valence-electron chi connectivity index (χ0n) is 88.6. The molecule has 25 rings (SSSR count). The molecule has 7 aliphatic rings. The van der Waals surface area contributed by atoms with Gasteiger partial charge in [0.2, 0.25) is 0 Å². The lowest BCUT2D eigenvalue weighted by atomic mass is 9.70. The van der Waals surface area contributed by atoms with Crippen molar-refractivity contribution in [3.8, 4) is 122 Å². The van der Waals surface area contributed by atoms with E-state index in [9.17, 15) is 0 Å². The number of benzene rings is 16. The minimum Gasteiger partial charge on any atom is -0.455 e. The zero-order chi connectivity index (χ0) is 99.3. The van der Waals surface area contributed by atoms with E-state index < -0.39 is 5.41 Å². The summed E-state index contributed by atoms with van der Waals surface area (Å²) in [5, 5.41) is 4.69. The molecule has 0 spiro atoms. The van der Waals surface area contributed by atoms with E-state index in [2.05, 4.69) is 385 Å². The van der Waals surface area contributed by atoms with Crippen LogP contribution in [0.1, 0.15) is 341 Å². The molecule has 732 valence electrons. The van der Waals surface area contributed by atoms with Crippen LogP contribution in [0.15, 0.2) is 306 Å². The van der Waals surface area contributed by atoms with Gasteiger partial charge >= 0.3 is 0 Å². The summed E-state index contributed by atoms with van der Waals surface area (Å²) in [6, 6.07) is 118. The summed E-state index contributed by atoms with van der Waals surface area (Å²) in [6.45, 7) is 29.0. The van der Waals surface area contributed by atoms with Gasteiger partial charge in [0.05, 0.1) is 5.69 Å². The fraction of sp³-hybridized carbons (Fsp3) is 0.329. The number of para-hydroxylation sites is 2. The fourth-order valence-corrected chi connectivity index (χ4v) is 29.3. The molecule has 0 saturated heterocycles. The number of rotatable bonds is 35. The van der Waals surface area contributed by atoms with Crippen molar-refractivity contribution in [3.63, 3.8) is 0 Å². The Morgan fingerprint density at radius 1 is 0.219 bits per heavy atom. The second-order valence-electron chi connectivity index (χ2n) is 47.1. The van der Waals surface area contributed by atoms with E-state index in [4.69, 9.17) is 8.83 Å². The lowest BCUT2D eigenvalue weighted by Gasteiger charge is -2.33. The van der Waals surface area contributed by atoms with Gasteiger partial charge in [0.15, 0.2) is 0 Å². The van der Waals surface area contributed by atoms with E-state index in [1.165, 1.54) is 363 Å². The molecule has 2 heterocycles. The van der Waals surface area contributed by atoms with E-state index in [0.717, 1.165) is 62.0 Å². The molecular formula is C143H143NO2. The van der Waals surface area contributed by atoms with Gasteiger partial charge in [0.1, 0.15) is 22.3 Å². The van der Waals surface area contributed by atoms with Gasteiger partial charge in [-0.1, -0.05) is 443 Å². The van der Waals surface area contributed by atoms with Crippen LogP contribution in [-0.4, -0.2) is 0 Å². The number of hydrogen-bond donors (Lipinski definition) is 0. The molecule has 7 aliphatic carbocycles. The van der Waals surface area contributed by atoms with Crippen LogP contribution < -0.4 is 4.90 Å². The molecule has 146 heavy (non-hydrogen) atoms. The highest BCUT2D eigenvalue weighted by Gasteiger charge is 2.48. The highest BCUT2D eigenvalue weighted by Crippen LogP contribution is 2.64. The van der Waals surface area contributed by atoms with E-state index in [0.29, 0.717) is 0 Å². The lowest BCUT2D eigenvalue weighted by molar-refractivity contribution is 0.398. The molecule has 3 nitrogen and oxygen atoms in total. The van der Waals surface area contributed by atoms with Gasteiger partial charge in [-0.2, -0.15) is 0 Å². The lowest BCUT2D eigenvalue weighted by Crippen LogP contribution is -2.25. The van der Waals surface area contributed by atoms with Gasteiger partial charge < -0.3 is 13.7 Å². The third-order valence-corrected chi connectivity index (χ3v) is 37.1. The second kappa shape index (κ2) is 37.1. The predicted molar refractivity (Wildman–Crippen MR) is 620 cm³/mol. The van der Waals surface area contributed by atoms with Crippen LogP contribution in [0.4, 0.5) is 17.1 Å². The maximum atomic E-state index is 7.37. The van der Waals surface area contributed by atoms with Crippen molar-refractivity contribution in [2.24, 2.45) is 0 Å². The van der Waals surface area contributed by atoms with Crippen LogP contribution in [0.5, 0.6) is 0 Å². The Kier molecular flexibility index (Phi) is 23.9.